The highest BCUT2D eigenvalue weighted by molar-refractivity contribution is 5.85. The van der Waals surface area contributed by atoms with E-state index in [4.69, 9.17) is 0 Å². The van der Waals surface area contributed by atoms with Crippen molar-refractivity contribution >= 4 is 18.2 Å². The monoisotopic (exact) mass is 269 g/mol. The minimum atomic E-state index is 0. The number of rotatable bonds is 4. The molecule has 0 saturated carbocycles. The Labute approximate surface area is 114 Å². The van der Waals surface area contributed by atoms with Gasteiger partial charge < -0.3 is 5.32 Å². The van der Waals surface area contributed by atoms with Gasteiger partial charge in [0.2, 0.25) is 0 Å². The molecule has 0 aliphatic carbocycles. The lowest BCUT2D eigenvalue weighted by Gasteiger charge is -2.02. The molecule has 0 amide bonds. The highest BCUT2D eigenvalue weighted by atomic mass is 35.5. The summed E-state index contributed by atoms with van der Waals surface area (Å²) in [5.74, 6) is 0.954. The zero-order valence-corrected chi connectivity index (χ0v) is 12.1. The lowest BCUT2D eigenvalue weighted by Crippen LogP contribution is -2.02. The van der Waals surface area contributed by atoms with Crippen LogP contribution in [0, 0.1) is 13.8 Å². The maximum atomic E-state index is 4.46. The van der Waals surface area contributed by atoms with Crippen LogP contribution in [0.1, 0.15) is 23.7 Å². The molecule has 0 aliphatic rings. The Morgan fingerprint density at radius 1 is 1.22 bits per heavy atom. The summed E-state index contributed by atoms with van der Waals surface area (Å²) < 4.78 is 3.78. The Bertz CT molecular complexity index is 515. The molecule has 0 atom stereocenters. The Hall–Kier alpha value is -1.49. The van der Waals surface area contributed by atoms with E-state index in [9.17, 15) is 0 Å². The molecular weight excluding hydrogens is 250 g/mol. The number of halogens is 1. The highest BCUT2D eigenvalue weighted by Crippen LogP contribution is 2.13. The molecule has 18 heavy (non-hydrogen) atoms. The first kappa shape index (κ1) is 14.6. The van der Waals surface area contributed by atoms with Crippen molar-refractivity contribution in [2.45, 2.75) is 33.9 Å². The van der Waals surface area contributed by atoms with E-state index in [1.165, 1.54) is 11.1 Å². The fourth-order valence-corrected chi connectivity index (χ4v) is 1.86. The SMILES string of the molecule is CCn1cc(C)c(NCc2cn(C)nc2C)n1.Cl. The van der Waals surface area contributed by atoms with Crippen LogP contribution in [0.5, 0.6) is 0 Å². The molecule has 2 rings (SSSR count). The molecule has 2 aromatic rings. The lowest BCUT2D eigenvalue weighted by molar-refractivity contribution is 0.660. The molecule has 0 fully saturated rings. The number of hydrogen-bond acceptors (Lipinski definition) is 3. The van der Waals surface area contributed by atoms with E-state index in [2.05, 4.69) is 35.6 Å². The molecule has 0 spiro atoms. The second-order valence-electron chi connectivity index (χ2n) is 4.28. The Balaban J connectivity index is 0.00000162. The summed E-state index contributed by atoms with van der Waals surface area (Å²) in [6, 6.07) is 0. The molecule has 0 bridgehead atoms. The van der Waals surface area contributed by atoms with Gasteiger partial charge in [-0.3, -0.25) is 9.36 Å². The molecule has 0 radical (unpaired) electrons. The molecule has 0 aliphatic heterocycles. The molecule has 0 saturated heterocycles. The lowest BCUT2D eigenvalue weighted by atomic mass is 10.2. The summed E-state index contributed by atoms with van der Waals surface area (Å²) in [6.07, 6.45) is 4.09. The van der Waals surface area contributed by atoms with E-state index in [-0.39, 0.29) is 12.4 Å². The van der Waals surface area contributed by atoms with Gasteiger partial charge in [0.25, 0.3) is 0 Å². The molecule has 1 N–H and O–H groups in total. The van der Waals surface area contributed by atoms with Gasteiger partial charge in [-0.2, -0.15) is 10.2 Å². The Morgan fingerprint density at radius 2 is 1.94 bits per heavy atom. The standard InChI is InChI=1S/C12H19N5.ClH/c1-5-17-7-9(2)12(15-17)13-6-11-8-16(4)14-10(11)3;/h7-8H,5-6H2,1-4H3,(H,13,15);1H. The van der Waals surface area contributed by atoms with Gasteiger partial charge in [0.15, 0.2) is 5.82 Å². The zero-order chi connectivity index (χ0) is 12.4. The predicted molar refractivity (Wildman–Crippen MR) is 75.2 cm³/mol. The summed E-state index contributed by atoms with van der Waals surface area (Å²) in [7, 11) is 1.94. The largest absolute Gasteiger partial charge is 0.364 e. The smallest absolute Gasteiger partial charge is 0.151 e. The van der Waals surface area contributed by atoms with Gasteiger partial charge in [-0.1, -0.05) is 0 Å². The van der Waals surface area contributed by atoms with Gasteiger partial charge in [0.1, 0.15) is 0 Å². The fourth-order valence-electron chi connectivity index (χ4n) is 1.86. The normalized spacial score (nSPS) is 10.2. The van der Waals surface area contributed by atoms with Crippen LogP contribution in [0.4, 0.5) is 5.82 Å². The maximum Gasteiger partial charge on any atom is 0.151 e. The third kappa shape index (κ3) is 3.04. The van der Waals surface area contributed by atoms with Gasteiger partial charge >= 0.3 is 0 Å². The van der Waals surface area contributed by atoms with Crippen LogP contribution in [0.2, 0.25) is 0 Å². The number of nitrogens with one attached hydrogen (secondary N) is 1. The van der Waals surface area contributed by atoms with Crippen LogP contribution in [-0.2, 0) is 20.1 Å². The molecular formula is C12H20ClN5. The van der Waals surface area contributed by atoms with Crippen molar-refractivity contribution in [3.63, 3.8) is 0 Å². The number of aromatic nitrogens is 4. The van der Waals surface area contributed by atoms with Gasteiger partial charge in [-0.15, -0.1) is 12.4 Å². The first-order valence-electron chi connectivity index (χ1n) is 5.87. The van der Waals surface area contributed by atoms with Crippen molar-refractivity contribution in [1.82, 2.24) is 19.6 Å². The van der Waals surface area contributed by atoms with E-state index >= 15 is 0 Å². The van der Waals surface area contributed by atoms with Crippen LogP contribution >= 0.6 is 12.4 Å². The van der Waals surface area contributed by atoms with Crippen molar-refractivity contribution in [3.05, 3.63) is 29.2 Å². The van der Waals surface area contributed by atoms with Crippen LogP contribution in [0.25, 0.3) is 0 Å². The summed E-state index contributed by atoms with van der Waals surface area (Å²) >= 11 is 0. The second-order valence-corrected chi connectivity index (χ2v) is 4.28. The summed E-state index contributed by atoms with van der Waals surface area (Å²) in [5.41, 5.74) is 3.44. The van der Waals surface area contributed by atoms with E-state index in [1.807, 2.05) is 29.5 Å². The van der Waals surface area contributed by atoms with Gasteiger partial charge in [0.05, 0.1) is 5.69 Å². The summed E-state index contributed by atoms with van der Waals surface area (Å²) in [6.45, 7) is 7.84. The van der Waals surface area contributed by atoms with E-state index in [1.54, 1.807) is 0 Å². The Morgan fingerprint density at radius 3 is 2.44 bits per heavy atom. The first-order chi connectivity index (χ1) is 8.10. The molecule has 0 unspecified atom stereocenters. The fraction of sp³-hybridized carbons (Fsp3) is 0.500. The topological polar surface area (TPSA) is 47.7 Å². The minimum Gasteiger partial charge on any atom is -0.364 e. The quantitative estimate of drug-likeness (QED) is 0.926. The molecule has 0 aromatic carbocycles. The number of hydrogen-bond donors (Lipinski definition) is 1. The summed E-state index contributed by atoms with van der Waals surface area (Å²) in [5, 5.41) is 12.1. The minimum absolute atomic E-state index is 0. The molecule has 5 nitrogen and oxygen atoms in total. The van der Waals surface area contributed by atoms with Crippen molar-refractivity contribution in [2.24, 2.45) is 7.05 Å². The second kappa shape index (κ2) is 5.91. The average molecular weight is 270 g/mol. The average Bonchev–Trinajstić information content (AvgIpc) is 2.79. The van der Waals surface area contributed by atoms with E-state index < -0.39 is 0 Å². The summed E-state index contributed by atoms with van der Waals surface area (Å²) in [4.78, 5) is 0. The van der Waals surface area contributed by atoms with E-state index in [0.717, 1.165) is 24.6 Å². The molecule has 6 heteroatoms. The van der Waals surface area contributed by atoms with Crippen LogP contribution < -0.4 is 5.32 Å². The zero-order valence-electron chi connectivity index (χ0n) is 11.3. The van der Waals surface area contributed by atoms with Crippen molar-refractivity contribution in [3.8, 4) is 0 Å². The maximum absolute atomic E-state index is 4.46. The van der Waals surface area contributed by atoms with Crippen molar-refractivity contribution < 1.29 is 0 Å². The Kier molecular flexibility index (Phi) is 4.78. The third-order valence-electron chi connectivity index (χ3n) is 2.83. The van der Waals surface area contributed by atoms with Gasteiger partial charge in [-0.05, 0) is 20.8 Å². The number of anilines is 1. The predicted octanol–water partition coefficient (Wildman–Crippen LogP) is 2.29. The third-order valence-corrected chi connectivity index (χ3v) is 2.83. The first-order valence-corrected chi connectivity index (χ1v) is 5.87. The van der Waals surface area contributed by atoms with E-state index in [0.29, 0.717) is 0 Å². The molecule has 100 valence electrons. The van der Waals surface area contributed by atoms with Gasteiger partial charge in [-0.25, -0.2) is 0 Å². The van der Waals surface area contributed by atoms with Gasteiger partial charge in [0, 0.05) is 43.7 Å². The number of aryl methyl sites for hydroxylation is 4. The van der Waals surface area contributed by atoms with Crippen LogP contribution in [0.3, 0.4) is 0 Å². The van der Waals surface area contributed by atoms with Crippen molar-refractivity contribution in [1.29, 1.82) is 0 Å². The van der Waals surface area contributed by atoms with Crippen LogP contribution in [0.15, 0.2) is 12.4 Å². The van der Waals surface area contributed by atoms with Crippen molar-refractivity contribution in [2.75, 3.05) is 5.32 Å². The molecule has 2 heterocycles. The molecule has 2 aromatic heterocycles. The van der Waals surface area contributed by atoms with Crippen LogP contribution in [-0.4, -0.2) is 19.6 Å². The number of nitrogens with zero attached hydrogens (tertiary/aromatic N) is 4. The highest BCUT2D eigenvalue weighted by Gasteiger charge is 2.06.